The maximum atomic E-state index is 9.17. The molecule has 18 heavy (non-hydrogen) atoms. The summed E-state index contributed by atoms with van der Waals surface area (Å²) in [7, 11) is 0. The molecule has 2 aromatic rings. The van der Waals surface area contributed by atoms with Crippen molar-refractivity contribution in [3.05, 3.63) is 41.7 Å². The van der Waals surface area contributed by atoms with Gasteiger partial charge in [-0.1, -0.05) is 18.2 Å². The maximum absolute atomic E-state index is 9.17. The molecule has 0 bridgehead atoms. The zero-order valence-electron chi connectivity index (χ0n) is 9.67. The van der Waals surface area contributed by atoms with Crippen molar-refractivity contribution in [3.8, 4) is 6.07 Å². The minimum atomic E-state index is 0.229. The Labute approximate surface area is 105 Å². The standard InChI is InChI=1S/C13H11N5/c14-7-10-12(15)16-8-17-13(10)18-6-5-9-3-1-2-4-11(9)18/h1-4,8H,5-6H2,(H2,15,16,17). The molecule has 1 aromatic heterocycles. The minimum absolute atomic E-state index is 0.229. The lowest BCUT2D eigenvalue weighted by molar-refractivity contribution is 0.962. The van der Waals surface area contributed by atoms with Crippen LogP contribution >= 0.6 is 0 Å². The van der Waals surface area contributed by atoms with E-state index in [4.69, 9.17) is 5.73 Å². The van der Waals surface area contributed by atoms with E-state index in [0.717, 1.165) is 18.7 Å². The molecule has 5 heteroatoms. The quantitative estimate of drug-likeness (QED) is 0.815. The zero-order valence-corrected chi connectivity index (χ0v) is 9.67. The van der Waals surface area contributed by atoms with Crippen molar-refractivity contribution in [2.24, 2.45) is 0 Å². The van der Waals surface area contributed by atoms with Gasteiger partial charge in [-0.2, -0.15) is 5.26 Å². The van der Waals surface area contributed by atoms with Gasteiger partial charge in [0.15, 0.2) is 5.82 Å². The van der Waals surface area contributed by atoms with Gasteiger partial charge in [0.05, 0.1) is 0 Å². The van der Waals surface area contributed by atoms with Crippen molar-refractivity contribution in [2.45, 2.75) is 6.42 Å². The predicted molar refractivity (Wildman–Crippen MR) is 68.3 cm³/mol. The van der Waals surface area contributed by atoms with E-state index in [0.29, 0.717) is 11.4 Å². The smallest absolute Gasteiger partial charge is 0.156 e. The van der Waals surface area contributed by atoms with E-state index < -0.39 is 0 Å². The fraction of sp³-hybridized carbons (Fsp3) is 0.154. The van der Waals surface area contributed by atoms with Crippen molar-refractivity contribution < 1.29 is 0 Å². The van der Waals surface area contributed by atoms with Gasteiger partial charge in [-0.15, -0.1) is 0 Å². The van der Waals surface area contributed by atoms with Gasteiger partial charge in [0.1, 0.15) is 23.8 Å². The second-order valence-corrected chi connectivity index (χ2v) is 4.10. The van der Waals surface area contributed by atoms with Gasteiger partial charge in [-0.3, -0.25) is 0 Å². The summed E-state index contributed by atoms with van der Waals surface area (Å²) in [5.41, 5.74) is 8.41. The SMILES string of the molecule is N#Cc1c(N)ncnc1N1CCc2ccccc21. The number of para-hydroxylation sites is 1. The Morgan fingerprint density at radius 2 is 2.11 bits per heavy atom. The van der Waals surface area contributed by atoms with Gasteiger partial charge >= 0.3 is 0 Å². The molecule has 0 spiro atoms. The highest BCUT2D eigenvalue weighted by atomic mass is 15.2. The van der Waals surface area contributed by atoms with Crippen molar-refractivity contribution in [2.75, 3.05) is 17.2 Å². The number of hydrogen-bond donors (Lipinski definition) is 1. The first-order valence-corrected chi connectivity index (χ1v) is 5.67. The molecule has 0 unspecified atom stereocenters. The van der Waals surface area contributed by atoms with Crippen molar-refractivity contribution in [3.63, 3.8) is 0 Å². The van der Waals surface area contributed by atoms with Gasteiger partial charge in [-0.05, 0) is 18.1 Å². The normalized spacial score (nSPS) is 13.2. The van der Waals surface area contributed by atoms with E-state index in [1.54, 1.807) is 0 Å². The van der Waals surface area contributed by atoms with Crippen LogP contribution in [0.1, 0.15) is 11.1 Å². The lowest BCUT2D eigenvalue weighted by Gasteiger charge is -2.19. The van der Waals surface area contributed by atoms with Crippen molar-refractivity contribution >= 4 is 17.3 Å². The van der Waals surface area contributed by atoms with Crippen LogP contribution in [0.2, 0.25) is 0 Å². The summed E-state index contributed by atoms with van der Waals surface area (Å²) in [5.74, 6) is 0.821. The molecule has 1 aliphatic rings. The van der Waals surface area contributed by atoms with Crippen LogP contribution in [-0.2, 0) is 6.42 Å². The van der Waals surface area contributed by atoms with E-state index in [2.05, 4.69) is 22.1 Å². The highest BCUT2D eigenvalue weighted by Gasteiger charge is 2.24. The van der Waals surface area contributed by atoms with Crippen LogP contribution in [0.5, 0.6) is 0 Å². The molecule has 3 rings (SSSR count). The molecular weight excluding hydrogens is 226 g/mol. The number of nitrogens with two attached hydrogens (primary N) is 1. The second-order valence-electron chi connectivity index (χ2n) is 4.10. The van der Waals surface area contributed by atoms with Crippen LogP contribution in [0.15, 0.2) is 30.6 Å². The topological polar surface area (TPSA) is 78.8 Å². The van der Waals surface area contributed by atoms with Gasteiger partial charge < -0.3 is 10.6 Å². The summed E-state index contributed by atoms with van der Waals surface area (Å²) < 4.78 is 0. The summed E-state index contributed by atoms with van der Waals surface area (Å²) in [6.07, 6.45) is 2.34. The maximum Gasteiger partial charge on any atom is 0.156 e. The third-order valence-electron chi connectivity index (χ3n) is 3.11. The highest BCUT2D eigenvalue weighted by Crippen LogP contribution is 2.35. The number of hydrogen-bond acceptors (Lipinski definition) is 5. The van der Waals surface area contributed by atoms with Crippen molar-refractivity contribution in [1.29, 1.82) is 5.26 Å². The van der Waals surface area contributed by atoms with Gasteiger partial charge in [0, 0.05) is 12.2 Å². The summed E-state index contributed by atoms with van der Waals surface area (Å²) in [4.78, 5) is 10.1. The Morgan fingerprint density at radius 1 is 1.28 bits per heavy atom. The first-order chi connectivity index (χ1) is 8.81. The fourth-order valence-corrected chi connectivity index (χ4v) is 2.26. The van der Waals surface area contributed by atoms with Crippen LogP contribution in [0, 0.1) is 11.3 Å². The van der Waals surface area contributed by atoms with Crippen LogP contribution in [0.25, 0.3) is 0 Å². The van der Waals surface area contributed by atoms with E-state index in [-0.39, 0.29) is 5.82 Å². The van der Waals surface area contributed by atoms with E-state index in [9.17, 15) is 5.26 Å². The Bertz CT molecular complexity index is 644. The van der Waals surface area contributed by atoms with Crippen LogP contribution in [0.3, 0.4) is 0 Å². The first kappa shape index (κ1) is 10.5. The molecule has 1 aliphatic heterocycles. The highest BCUT2D eigenvalue weighted by molar-refractivity contribution is 5.74. The van der Waals surface area contributed by atoms with E-state index in [1.165, 1.54) is 11.9 Å². The zero-order chi connectivity index (χ0) is 12.5. The molecule has 1 aromatic carbocycles. The molecule has 0 radical (unpaired) electrons. The third kappa shape index (κ3) is 1.47. The Morgan fingerprint density at radius 3 is 2.94 bits per heavy atom. The van der Waals surface area contributed by atoms with Gasteiger partial charge in [-0.25, -0.2) is 9.97 Å². The number of nitriles is 1. The molecule has 0 atom stereocenters. The summed E-state index contributed by atoms with van der Waals surface area (Å²) >= 11 is 0. The first-order valence-electron chi connectivity index (χ1n) is 5.67. The molecule has 0 saturated heterocycles. The largest absolute Gasteiger partial charge is 0.382 e. The molecular formula is C13H11N5. The molecule has 0 fully saturated rings. The summed E-state index contributed by atoms with van der Waals surface area (Å²) in [5, 5.41) is 9.17. The molecule has 0 aliphatic carbocycles. The Hall–Kier alpha value is -2.61. The average Bonchev–Trinajstić information content (AvgIpc) is 2.82. The summed E-state index contributed by atoms with van der Waals surface area (Å²) in [6, 6.07) is 10.2. The number of rotatable bonds is 1. The minimum Gasteiger partial charge on any atom is -0.382 e. The Balaban J connectivity index is 2.14. The van der Waals surface area contributed by atoms with Crippen LogP contribution in [-0.4, -0.2) is 16.5 Å². The molecule has 0 amide bonds. The number of aromatic nitrogens is 2. The number of nitrogen functional groups attached to an aromatic ring is 1. The monoisotopic (exact) mass is 237 g/mol. The lowest BCUT2D eigenvalue weighted by Crippen LogP contribution is -2.17. The molecule has 5 nitrogen and oxygen atoms in total. The molecule has 2 N–H and O–H groups in total. The predicted octanol–water partition coefficient (Wildman–Crippen LogP) is 1.62. The lowest BCUT2D eigenvalue weighted by atomic mass is 10.2. The molecule has 0 saturated carbocycles. The van der Waals surface area contributed by atoms with Gasteiger partial charge in [0.2, 0.25) is 0 Å². The number of benzene rings is 1. The fourth-order valence-electron chi connectivity index (χ4n) is 2.26. The Kier molecular flexibility index (Phi) is 2.34. The second kappa shape index (κ2) is 4.00. The van der Waals surface area contributed by atoms with Crippen LogP contribution in [0.4, 0.5) is 17.3 Å². The van der Waals surface area contributed by atoms with Crippen LogP contribution < -0.4 is 10.6 Å². The number of fused-ring (bicyclic) bond motifs is 1. The van der Waals surface area contributed by atoms with Crippen molar-refractivity contribution in [1.82, 2.24) is 9.97 Å². The molecule has 2 heterocycles. The number of anilines is 3. The summed E-state index contributed by atoms with van der Waals surface area (Å²) in [6.45, 7) is 0.810. The molecule has 88 valence electrons. The third-order valence-corrected chi connectivity index (χ3v) is 3.11. The van der Waals surface area contributed by atoms with E-state index >= 15 is 0 Å². The number of nitrogens with zero attached hydrogens (tertiary/aromatic N) is 4. The van der Waals surface area contributed by atoms with Gasteiger partial charge in [0.25, 0.3) is 0 Å². The average molecular weight is 237 g/mol. The van der Waals surface area contributed by atoms with E-state index in [1.807, 2.05) is 23.1 Å².